The lowest BCUT2D eigenvalue weighted by Gasteiger charge is -2.38. The first-order valence-electron chi connectivity index (χ1n) is 11.1. The molecule has 1 aromatic heterocycles. The minimum Gasteiger partial charge on any atom is -0.330 e. The lowest BCUT2D eigenvalue weighted by Crippen LogP contribution is -2.49. The Hall–Kier alpha value is -1.99. The molecule has 178 valence electrons. The zero-order valence-corrected chi connectivity index (χ0v) is 22.2. The third-order valence-corrected chi connectivity index (χ3v) is 8.45. The van der Waals surface area contributed by atoms with Gasteiger partial charge in [0.25, 0.3) is 0 Å². The number of halogens is 2. The topological polar surface area (TPSA) is 40.6 Å². The molecule has 0 radical (unpaired) electrons. The summed E-state index contributed by atoms with van der Waals surface area (Å²) in [6, 6.07) is 16.9. The Balaban J connectivity index is 1.55. The molecular weight excluding hydrogens is 507 g/mol. The van der Waals surface area contributed by atoms with E-state index in [9.17, 15) is 9.59 Å². The van der Waals surface area contributed by atoms with Crippen molar-refractivity contribution in [1.82, 2.24) is 9.80 Å². The molecule has 1 atom stereocenters. The first-order valence-corrected chi connectivity index (χ1v) is 13.7. The zero-order valence-electron chi connectivity index (χ0n) is 19.0. The van der Waals surface area contributed by atoms with Crippen LogP contribution >= 0.6 is 46.3 Å². The summed E-state index contributed by atoms with van der Waals surface area (Å²) in [4.78, 5) is 32.5. The molecule has 0 fully saturated rings. The van der Waals surface area contributed by atoms with Gasteiger partial charge in [-0.15, -0.1) is 23.1 Å². The Morgan fingerprint density at radius 1 is 1.12 bits per heavy atom. The van der Waals surface area contributed by atoms with Gasteiger partial charge in [-0.3, -0.25) is 9.59 Å². The van der Waals surface area contributed by atoms with Gasteiger partial charge in [0.05, 0.1) is 11.8 Å². The molecule has 0 saturated carbocycles. The largest absolute Gasteiger partial charge is 0.330 e. The number of thioether (sulfide) groups is 1. The van der Waals surface area contributed by atoms with Gasteiger partial charge < -0.3 is 9.80 Å². The van der Waals surface area contributed by atoms with Crippen LogP contribution in [0, 0.1) is 0 Å². The van der Waals surface area contributed by atoms with E-state index in [4.69, 9.17) is 23.2 Å². The van der Waals surface area contributed by atoms with Crippen molar-refractivity contribution in [2.45, 2.75) is 37.2 Å². The number of nitrogens with zero attached hydrogens (tertiary/aromatic N) is 2. The maximum atomic E-state index is 13.6. The monoisotopic (exact) mass is 532 g/mol. The molecule has 0 aliphatic carbocycles. The Morgan fingerprint density at radius 3 is 2.59 bits per heavy atom. The third kappa shape index (κ3) is 5.62. The van der Waals surface area contributed by atoms with Gasteiger partial charge in [0.1, 0.15) is 6.54 Å². The van der Waals surface area contributed by atoms with E-state index < -0.39 is 0 Å². The number of fused-ring (bicyclic) bond motifs is 1. The molecule has 0 spiro atoms. The van der Waals surface area contributed by atoms with E-state index in [2.05, 4.69) is 11.4 Å². The van der Waals surface area contributed by atoms with E-state index in [1.54, 1.807) is 28.4 Å². The summed E-state index contributed by atoms with van der Waals surface area (Å²) in [5, 5.41) is 3.14. The van der Waals surface area contributed by atoms with Crippen molar-refractivity contribution in [3.63, 3.8) is 0 Å². The molecule has 4 rings (SSSR count). The molecule has 2 heterocycles. The third-order valence-electron chi connectivity index (χ3n) is 5.90. The van der Waals surface area contributed by atoms with Crippen LogP contribution in [-0.4, -0.2) is 46.5 Å². The number of hydrogen-bond acceptors (Lipinski definition) is 4. The lowest BCUT2D eigenvalue weighted by atomic mass is 9.93. The van der Waals surface area contributed by atoms with Crippen molar-refractivity contribution < 1.29 is 9.59 Å². The average molecular weight is 534 g/mol. The molecule has 1 aliphatic rings. The van der Waals surface area contributed by atoms with E-state index in [0.29, 0.717) is 16.6 Å². The molecule has 2 aromatic carbocycles. The molecule has 1 aliphatic heterocycles. The van der Waals surface area contributed by atoms with Gasteiger partial charge in [-0.05, 0) is 67.1 Å². The predicted octanol–water partition coefficient (Wildman–Crippen LogP) is 6.56. The van der Waals surface area contributed by atoms with Crippen LogP contribution in [0.2, 0.25) is 10.0 Å². The van der Waals surface area contributed by atoms with Crippen LogP contribution < -0.4 is 0 Å². The maximum absolute atomic E-state index is 13.6. The summed E-state index contributed by atoms with van der Waals surface area (Å²) in [7, 11) is 0. The molecule has 1 unspecified atom stereocenters. The fourth-order valence-electron chi connectivity index (χ4n) is 4.18. The second-order valence-electron chi connectivity index (χ2n) is 8.42. The number of benzene rings is 2. The van der Waals surface area contributed by atoms with E-state index in [1.807, 2.05) is 55.1 Å². The second-order valence-corrected chi connectivity index (χ2v) is 11.3. The quantitative estimate of drug-likeness (QED) is 0.323. The van der Waals surface area contributed by atoms with Gasteiger partial charge >= 0.3 is 0 Å². The molecule has 8 heteroatoms. The molecular formula is C26H26Cl2N2O2S2. The molecule has 2 amide bonds. The summed E-state index contributed by atoms with van der Waals surface area (Å²) >= 11 is 15.9. The fraction of sp³-hybridized carbons (Fsp3) is 0.308. The first-order chi connectivity index (χ1) is 16.3. The van der Waals surface area contributed by atoms with E-state index in [1.165, 1.54) is 16.6 Å². The molecule has 0 saturated heterocycles. The van der Waals surface area contributed by atoms with Crippen molar-refractivity contribution in [3.8, 4) is 0 Å². The van der Waals surface area contributed by atoms with Gasteiger partial charge in [-0.1, -0.05) is 47.5 Å². The second kappa shape index (κ2) is 11.2. The minimum atomic E-state index is -0.296. The molecule has 34 heavy (non-hydrogen) atoms. The number of carbonyl (C=O) groups is 2. The van der Waals surface area contributed by atoms with Crippen molar-refractivity contribution in [3.05, 3.63) is 86.0 Å². The van der Waals surface area contributed by atoms with Crippen molar-refractivity contribution in [2.24, 2.45) is 0 Å². The van der Waals surface area contributed by atoms with E-state index in [0.717, 1.165) is 22.4 Å². The molecule has 0 N–H and O–H groups in total. The predicted molar refractivity (Wildman–Crippen MR) is 142 cm³/mol. The number of thiophene rings is 1. The summed E-state index contributed by atoms with van der Waals surface area (Å²) in [5.41, 5.74) is 1.94. The molecule has 4 nitrogen and oxygen atoms in total. The van der Waals surface area contributed by atoms with Crippen LogP contribution in [0.5, 0.6) is 0 Å². The molecule has 3 aromatic rings. The smallest absolute Gasteiger partial charge is 0.243 e. The Kier molecular flexibility index (Phi) is 8.25. The fourth-order valence-corrected chi connectivity index (χ4v) is 6.40. The Morgan fingerprint density at radius 2 is 1.88 bits per heavy atom. The van der Waals surface area contributed by atoms with Crippen molar-refractivity contribution >= 4 is 58.1 Å². The summed E-state index contributed by atoms with van der Waals surface area (Å²) < 4.78 is 0. The van der Waals surface area contributed by atoms with Gasteiger partial charge in [0.15, 0.2) is 0 Å². The number of carbonyl (C=O) groups excluding carboxylic acids is 2. The first kappa shape index (κ1) is 25.1. The van der Waals surface area contributed by atoms with Crippen LogP contribution in [0.25, 0.3) is 0 Å². The lowest BCUT2D eigenvalue weighted by molar-refractivity contribution is -0.141. The minimum absolute atomic E-state index is 0.0348. The van der Waals surface area contributed by atoms with Crippen LogP contribution in [0.15, 0.2) is 64.9 Å². The van der Waals surface area contributed by atoms with Crippen LogP contribution in [0.3, 0.4) is 0 Å². The van der Waals surface area contributed by atoms with Crippen LogP contribution in [0.4, 0.5) is 0 Å². The van der Waals surface area contributed by atoms with Crippen LogP contribution in [-0.2, 0) is 16.0 Å². The van der Waals surface area contributed by atoms with Gasteiger partial charge in [-0.25, -0.2) is 0 Å². The highest BCUT2D eigenvalue weighted by Crippen LogP contribution is 2.41. The van der Waals surface area contributed by atoms with Gasteiger partial charge in [0.2, 0.25) is 11.8 Å². The SMILES string of the molecule is CC(C)N(CC(=O)N1CCc2sccc2C1c1ccc(Cl)cc1Cl)C(=O)CSc1ccccc1. The highest BCUT2D eigenvalue weighted by Gasteiger charge is 2.35. The van der Waals surface area contributed by atoms with Gasteiger partial charge in [-0.2, -0.15) is 0 Å². The van der Waals surface area contributed by atoms with E-state index >= 15 is 0 Å². The normalized spacial score (nSPS) is 15.3. The Bertz CT molecular complexity index is 1170. The summed E-state index contributed by atoms with van der Waals surface area (Å²) in [6.45, 7) is 4.50. The van der Waals surface area contributed by atoms with E-state index in [-0.39, 0.29) is 36.2 Å². The van der Waals surface area contributed by atoms with Crippen molar-refractivity contribution in [2.75, 3.05) is 18.8 Å². The average Bonchev–Trinajstić information content (AvgIpc) is 3.30. The highest BCUT2D eigenvalue weighted by atomic mass is 35.5. The number of hydrogen-bond donors (Lipinski definition) is 0. The zero-order chi connectivity index (χ0) is 24.2. The summed E-state index contributed by atoms with van der Waals surface area (Å²) in [5.74, 6) is 0.155. The maximum Gasteiger partial charge on any atom is 0.243 e. The molecule has 0 bridgehead atoms. The van der Waals surface area contributed by atoms with Crippen LogP contribution in [0.1, 0.15) is 35.9 Å². The number of amides is 2. The summed E-state index contributed by atoms with van der Waals surface area (Å²) in [6.07, 6.45) is 0.792. The highest BCUT2D eigenvalue weighted by molar-refractivity contribution is 8.00. The number of rotatable bonds is 7. The van der Waals surface area contributed by atoms with Gasteiger partial charge in [0, 0.05) is 32.4 Å². The van der Waals surface area contributed by atoms with Crippen molar-refractivity contribution in [1.29, 1.82) is 0 Å². The Labute approximate surface area is 218 Å². The standard InChI is InChI=1S/C26H26Cl2N2O2S2/c1-17(2)30(25(32)16-34-19-6-4-3-5-7-19)15-24(31)29-12-10-23-21(11-13-33-23)26(29)20-9-8-18(27)14-22(20)28/h3-9,11,13-14,17,26H,10,12,15-16H2,1-2H3.